The average Bonchev–Trinajstić information content (AvgIpc) is 2.90. The minimum absolute atomic E-state index is 0.0976. The average molecular weight is 292 g/mol. The van der Waals surface area contributed by atoms with Crippen LogP contribution in [-0.2, 0) is 6.54 Å². The van der Waals surface area contributed by atoms with Gasteiger partial charge in [-0.2, -0.15) is 11.3 Å². The molecule has 4 nitrogen and oxygen atoms in total. The summed E-state index contributed by atoms with van der Waals surface area (Å²) < 4.78 is 0. The van der Waals surface area contributed by atoms with Crippen LogP contribution in [0.15, 0.2) is 35.0 Å². The SMILES string of the molecule is Oc1cccc2c(NCc3ccsc3)nc(Cl)nc12. The minimum Gasteiger partial charge on any atom is -0.506 e. The highest BCUT2D eigenvalue weighted by Crippen LogP contribution is 2.28. The summed E-state index contributed by atoms with van der Waals surface area (Å²) in [5.74, 6) is 0.720. The van der Waals surface area contributed by atoms with Gasteiger partial charge in [0.05, 0.1) is 0 Å². The molecule has 0 amide bonds. The highest BCUT2D eigenvalue weighted by Gasteiger charge is 2.09. The Hall–Kier alpha value is -1.85. The summed E-state index contributed by atoms with van der Waals surface area (Å²) in [5, 5.41) is 18.0. The fraction of sp³-hybridized carbons (Fsp3) is 0.0769. The van der Waals surface area contributed by atoms with E-state index in [-0.39, 0.29) is 11.0 Å². The van der Waals surface area contributed by atoms with E-state index in [1.807, 2.05) is 17.5 Å². The summed E-state index contributed by atoms with van der Waals surface area (Å²) in [7, 11) is 0. The number of aromatic hydroxyl groups is 1. The van der Waals surface area contributed by atoms with E-state index in [2.05, 4.69) is 20.7 Å². The van der Waals surface area contributed by atoms with Gasteiger partial charge in [-0.1, -0.05) is 6.07 Å². The van der Waals surface area contributed by atoms with E-state index in [0.717, 1.165) is 5.39 Å². The van der Waals surface area contributed by atoms with Crippen molar-refractivity contribution < 1.29 is 5.11 Å². The molecule has 19 heavy (non-hydrogen) atoms. The predicted octanol–water partition coefficient (Wildman–Crippen LogP) is 3.66. The van der Waals surface area contributed by atoms with E-state index in [4.69, 9.17) is 11.6 Å². The Bertz CT molecular complexity index is 715. The Kier molecular flexibility index (Phi) is 3.23. The predicted molar refractivity (Wildman–Crippen MR) is 77.9 cm³/mol. The Morgan fingerprint density at radius 3 is 2.95 bits per heavy atom. The molecular weight excluding hydrogens is 282 g/mol. The third-order valence-electron chi connectivity index (χ3n) is 2.72. The molecule has 0 spiro atoms. The lowest BCUT2D eigenvalue weighted by Crippen LogP contribution is -2.02. The Morgan fingerprint density at radius 2 is 2.16 bits per heavy atom. The molecular formula is C13H10ClN3OS. The molecule has 3 aromatic rings. The lowest BCUT2D eigenvalue weighted by Gasteiger charge is -2.09. The van der Waals surface area contributed by atoms with Gasteiger partial charge in [0, 0.05) is 11.9 Å². The Morgan fingerprint density at radius 1 is 1.26 bits per heavy atom. The monoisotopic (exact) mass is 291 g/mol. The molecule has 96 valence electrons. The van der Waals surface area contributed by atoms with Crippen molar-refractivity contribution in [1.82, 2.24) is 9.97 Å². The van der Waals surface area contributed by atoms with Crippen LogP contribution >= 0.6 is 22.9 Å². The zero-order chi connectivity index (χ0) is 13.2. The quantitative estimate of drug-likeness (QED) is 0.723. The number of fused-ring (bicyclic) bond motifs is 1. The van der Waals surface area contributed by atoms with Crippen molar-refractivity contribution in [3.8, 4) is 5.75 Å². The number of rotatable bonds is 3. The molecule has 0 unspecified atom stereocenters. The molecule has 0 saturated carbocycles. The lowest BCUT2D eigenvalue weighted by atomic mass is 10.2. The van der Waals surface area contributed by atoms with Crippen molar-refractivity contribution in [1.29, 1.82) is 0 Å². The number of hydrogen-bond acceptors (Lipinski definition) is 5. The summed E-state index contributed by atoms with van der Waals surface area (Å²) in [6, 6.07) is 7.22. The van der Waals surface area contributed by atoms with Gasteiger partial charge in [0.15, 0.2) is 0 Å². The fourth-order valence-corrected chi connectivity index (χ4v) is 2.66. The van der Waals surface area contributed by atoms with Crippen LogP contribution in [0.4, 0.5) is 5.82 Å². The van der Waals surface area contributed by atoms with Gasteiger partial charge < -0.3 is 10.4 Å². The molecule has 6 heteroatoms. The van der Waals surface area contributed by atoms with Crippen molar-refractivity contribution >= 4 is 39.7 Å². The standard InChI is InChI=1S/C13H10ClN3OS/c14-13-16-11-9(2-1-3-10(11)18)12(17-13)15-6-8-4-5-19-7-8/h1-5,7,18H,6H2,(H,15,16,17). The highest BCUT2D eigenvalue weighted by molar-refractivity contribution is 7.07. The molecule has 0 radical (unpaired) electrons. The van der Waals surface area contributed by atoms with Crippen LogP contribution in [0.2, 0.25) is 5.28 Å². The van der Waals surface area contributed by atoms with E-state index in [9.17, 15) is 5.11 Å². The molecule has 0 aliphatic rings. The van der Waals surface area contributed by atoms with Gasteiger partial charge in [0.2, 0.25) is 5.28 Å². The normalized spacial score (nSPS) is 10.8. The number of nitrogens with zero attached hydrogens (tertiary/aromatic N) is 2. The second kappa shape index (κ2) is 5.03. The second-order valence-electron chi connectivity index (χ2n) is 4.00. The maximum Gasteiger partial charge on any atom is 0.225 e. The largest absolute Gasteiger partial charge is 0.506 e. The van der Waals surface area contributed by atoms with Gasteiger partial charge >= 0.3 is 0 Å². The zero-order valence-electron chi connectivity index (χ0n) is 9.80. The van der Waals surface area contributed by atoms with Gasteiger partial charge in [0.25, 0.3) is 0 Å². The van der Waals surface area contributed by atoms with E-state index >= 15 is 0 Å². The van der Waals surface area contributed by atoms with Gasteiger partial charge in [0.1, 0.15) is 17.1 Å². The molecule has 1 aromatic carbocycles. The number of nitrogens with one attached hydrogen (secondary N) is 1. The molecule has 2 N–H and O–H groups in total. The van der Waals surface area contributed by atoms with Crippen LogP contribution in [0.3, 0.4) is 0 Å². The first-order chi connectivity index (χ1) is 9.24. The maximum atomic E-state index is 9.80. The molecule has 3 rings (SSSR count). The van der Waals surface area contributed by atoms with Crippen molar-refractivity contribution in [2.24, 2.45) is 0 Å². The molecule has 0 fully saturated rings. The molecule has 0 atom stereocenters. The van der Waals surface area contributed by atoms with E-state index in [1.54, 1.807) is 23.5 Å². The Balaban J connectivity index is 2.00. The topological polar surface area (TPSA) is 58.0 Å². The van der Waals surface area contributed by atoms with Crippen LogP contribution in [0.25, 0.3) is 10.9 Å². The number of hydrogen-bond donors (Lipinski definition) is 2. The zero-order valence-corrected chi connectivity index (χ0v) is 11.4. The molecule has 0 bridgehead atoms. The second-order valence-corrected chi connectivity index (χ2v) is 5.12. The summed E-state index contributed by atoms with van der Waals surface area (Å²) in [6.45, 7) is 0.654. The number of thiophene rings is 1. The smallest absolute Gasteiger partial charge is 0.225 e. The maximum absolute atomic E-state index is 9.80. The van der Waals surface area contributed by atoms with Gasteiger partial charge in [-0.25, -0.2) is 9.97 Å². The number of para-hydroxylation sites is 1. The third-order valence-corrected chi connectivity index (χ3v) is 3.62. The molecule has 0 saturated heterocycles. The number of halogens is 1. The first-order valence-electron chi connectivity index (χ1n) is 5.64. The van der Waals surface area contributed by atoms with Crippen LogP contribution in [-0.4, -0.2) is 15.1 Å². The van der Waals surface area contributed by atoms with Crippen molar-refractivity contribution in [3.05, 3.63) is 45.9 Å². The fourth-order valence-electron chi connectivity index (χ4n) is 1.82. The van der Waals surface area contributed by atoms with Crippen molar-refractivity contribution in [2.45, 2.75) is 6.54 Å². The summed E-state index contributed by atoms with van der Waals surface area (Å²) in [4.78, 5) is 8.22. The van der Waals surface area contributed by atoms with Gasteiger partial charge in [-0.15, -0.1) is 0 Å². The third kappa shape index (κ3) is 2.47. The van der Waals surface area contributed by atoms with E-state index in [1.165, 1.54) is 5.56 Å². The summed E-state index contributed by atoms with van der Waals surface area (Å²) >= 11 is 7.53. The summed E-state index contributed by atoms with van der Waals surface area (Å²) in [5.41, 5.74) is 1.63. The number of benzene rings is 1. The van der Waals surface area contributed by atoms with Gasteiger partial charge in [-0.05, 0) is 46.1 Å². The summed E-state index contributed by atoms with van der Waals surface area (Å²) in [6.07, 6.45) is 0. The van der Waals surface area contributed by atoms with Crippen molar-refractivity contribution in [3.63, 3.8) is 0 Å². The van der Waals surface area contributed by atoms with Crippen molar-refractivity contribution in [2.75, 3.05) is 5.32 Å². The molecule has 0 aliphatic carbocycles. The number of phenolic OH excluding ortho intramolecular Hbond substituents is 1. The van der Waals surface area contributed by atoms with Gasteiger partial charge in [-0.3, -0.25) is 0 Å². The minimum atomic E-state index is 0.0976. The van der Waals surface area contributed by atoms with Crippen LogP contribution in [0.1, 0.15) is 5.56 Å². The number of anilines is 1. The number of aromatic nitrogens is 2. The highest BCUT2D eigenvalue weighted by atomic mass is 35.5. The number of phenols is 1. The molecule has 2 aromatic heterocycles. The van der Waals surface area contributed by atoms with Crippen LogP contribution in [0.5, 0.6) is 5.75 Å². The first-order valence-corrected chi connectivity index (χ1v) is 6.96. The lowest BCUT2D eigenvalue weighted by molar-refractivity contribution is 0.480. The first kappa shape index (κ1) is 12.2. The van der Waals surface area contributed by atoms with E-state index < -0.39 is 0 Å². The van der Waals surface area contributed by atoms with Crippen LogP contribution < -0.4 is 5.32 Å². The van der Waals surface area contributed by atoms with E-state index in [0.29, 0.717) is 17.9 Å². The molecule has 2 heterocycles. The Labute approximate surface area is 118 Å². The molecule has 0 aliphatic heterocycles. The van der Waals surface area contributed by atoms with Crippen LogP contribution in [0, 0.1) is 0 Å².